The number of hydrogen-bond donors (Lipinski definition) is 1. The monoisotopic (exact) mass is 230 g/mol. The number of benzene rings is 1. The average molecular weight is 230 g/mol. The highest BCUT2D eigenvalue weighted by atomic mass is 16.3. The van der Waals surface area contributed by atoms with Crippen molar-refractivity contribution in [2.24, 2.45) is 11.8 Å². The molecule has 2 atom stereocenters. The van der Waals surface area contributed by atoms with Crippen LogP contribution in [0.4, 0.5) is 0 Å². The second-order valence-electron chi connectivity index (χ2n) is 5.92. The molecule has 0 amide bonds. The number of hydrogen-bond acceptors (Lipinski definition) is 1. The van der Waals surface area contributed by atoms with Gasteiger partial charge in [-0.1, -0.05) is 37.1 Å². The van der Waals surface area contributed by atoms with Crippen LogP contribution >= 0.6 is 0 Å². The molecule has 0 heterocycles. The van der Waals surface area contributed by atoms with E-state index in [9.17, 15) is 5.11 Å². The largest absolute Gasteiger partial charge is 0.396 e. The quantitative estimate of drug-likeness (QED) is 0.843. The van der Waals surface area contributed by atoms with Crippen LogP contribution in [0.2, 0.25) is 0 Å². The molecule has 0 bridgehead atoms. The Bertz CT molecular complexity index is 406. The average Bonchev–Trinajstić information content (AvgIpc) is 2.83. The van der Waals surface area contributed by atoms with E-state index in [-0.39, 0.29) is 0 Å². The van der Waals surface area contributed by atoms with Gasteiger partial charge in [0.05, 0.1) is 0 Å². The van der Waals surface area contributed by atoms with Crippen LogP contribution in [-0.2, 0) is 5.41 Å². The molecule has 2 unspecified atom stereocenters. The summed E-state index contributed by atoms with van der Waals surface area (Å²) in [5.74, 6) is 1.34. The first-order valence-electron chi connectivity index (χ1n) is 6.96. The Kier molecular flexibility index (Phi) is 2.74. The third-order valence-electron chi connectivity index (χ3n) is 5.10. The number of aliphatic hydroxyl groups is 1. The van der Waals surface area contributed by atoms with Crippen molar-refractivity contribution in [1.29, 1.82) is 0 Å². The van der Waals surface area contributed by atoms with Crippen molar-refractivity contribution >= 4 is 0 Å². The normalized spacial score (nSPS) is 32.9. The predicted octanol–water partition coefficient (Wildman–Crippen LogP) is 3.44. The Hall–Kier alpha value is -0.820. The van der Waals surface area contributed by atoms with Crippen LogP contribution in [0.1, 0.15) is 43.2 Å². The third kappa shape index (κ3) is 1.63. The summed E-state index contributed by atoms with van der Waals surface area (Å²) in [6.07, 6.45) is 6.71. The van der Waals surface area contributed by atoms with E-state index < -0.39 is 0 Å². The topological polar surface area (TPSA) is 20.2 Å². The van der Waals surface area contributed by atoms with Crippen molar-refractivity contribution in [3.05, 3.63) is 35.4 Å². The van der Waals surface area contributed by atoms with Gasteiger partial charge in [-0.25, -0.2) is 0 Å². The van der Waals surface area contributed by atoms with Gasteiger partial charge in [-0.05, 0) is 49.1 Å². The van der Waals surface area contributed by atoms with Crippen LogP contribution < -0.4 is 0 Å². The van der Waals surface area contributed by atoms with Gasteiger partial charge in [-0.3, -0.25) is 0 Å². The first-order valence-corrected chi connectivity index (χ1v) is 6.96. The lowest BCUT2D eigenvalue weighted by Gasteiger charge is -2.26. The van der Waals surface area contributed by atoms with Crippen LogP contribution in [0.5, 0.6) is 0 Å². The molecule has 0 saturated heterocycles. The zero-order valence-electron chi connectivity index (χ0n) is 10.7. The Morgan fingerprint density at radius 2 is 1.94 bits per heavy atom. The van der Waals surface area contributed by atoms with Crippen molar-refractivity contribution in [1.82, 2.24) is 0 Å². The maximum Gasteiger partial charge on any atom is 0.0468 e. The van der Waals surface area contributed by atoms with Gasteiger partial charge in [-0.15, -0.1) is 0 Å². The van der Waals surface area contributed by atoms with E-state index >= 15 is 0 Å². The molecule has 1 aromatic carbocycles. The Morgan fingerprint density at radius 3 is 2.53 bits per heavy atom. The molecule has 0 aromatic heterocycles. The minimum Gasteiger partial charge on any atom is -0.396 e. The lowest BCUT2D eigenvalue weighted by Crippen LogP contribution is -2.23. The lowest BCUT2D eigenvalue weighted by molar-refractivity contribution is 0.245. The molecule has 1 N–H and O–H groups in total. The molecule has 0 aliphatic heterocycles. The molecule has 2 aliphatic carbocycles. The first kappa shape index (κ1) is 11.3. The molecule has 1 heteroatoms. The van der Waals surface area contributed by atoms with Gasteiger partial charge >= 0.3 is 0 Å². The predicted molar refractivity (Wildman–Crippen MR) is 70.0 cm³/mol. The highest BCUT2D eigenvalue weighted by molar-refractivity contribution is 5.41. The van der Waals surface area contributed by atoms with Crippen molar-refractivity contribution < 1.29 is 5.11 Å². The smallest absolute Gasteiger partial charge is 0.0468 e. The zero-order valence-corrected chi connectivity index (χ0v) is 10.7. The van der Waals surface area contributed by atoms with E-state index in [0.29, 0.717) is 17.9 Å². The van der Waals surface area contributed by atoms with Crippen molar-refractivity contribution in [2.75, 3.05) is 6.61 Å². The number of aliphatic hydroxyl groups excluding tert-OH is 1. The maximum absolute atomic E-state index is 9.55. The SMILES string of the molecule is Cc1ccccc1C1(C2CCCC2)CC1CO. The highest BCUT2D eigenvalue weighted by Gasteiger charge is 2.59. The van der Waals surface area contributed by atoms with Crippen LogP contribution in [0.15, 0.2) is 24.3 Å². The minimum atomic E-state index is 0.330. The molecule has 2 fully saturated rings. The maximum atomic E-state index is 9.55. The molecule has 1 aromatic rings. The summed E-state index contributed by atoms with van der Waals surface area (Å²) in [5, 5.41) is 9.55. The van der Waals surface area contributed by atoms with Crippen molar-refractivity contribution in [3.63, 3.8) is 0 Å². The van der Waals surface area contributed by atoms with E-state index in [0.717, 1.165) is 5.92 Å². The van der Waals surface area contributed by atoms with Crippen molar-refractivity contribution in [2.45, 2.75) is 44.4 Å². The first-order chi connectivity index (χ1) is 8.29. The summed E-state index contributed by atoms with van der Waals surface area (Å²) in [4.78, 5) is 0. The lowest BCUT2D eigenvalue weighted by atomic mass is 9.78. The van der Waals surface area contributed by atoms with Gasteiger partial charge in [0.25, 0.3) is 0 Å². The fourth-order valence-electron chi connectivity index (χ4n) is 4.16. The summed E-state index contributed by atoms with van der Waals surface area (Å²) in [5.41, 5.74) is 3.26. The van der Waals surface area contributed by atoms with Crippen LogP contribution in [0, 0.1) is 18.8 Å². The van der Waals surface area contributed by atoms with E-state index in [1.807, 2.05) is 0 Å². The van der Waals surface area contributed by atoms with E-state index in [1.54, 1.807) is 0 Å². The molecule has 1 nitrogen and oxygen atoms in total. The van der Waals surface area contributed by atoms with Gasteiger partial charge in [-0.2, -0.15) is 0 Å². The molecule has 0 spiro atoms. The van der Waals surface area contributed by atoms with Crippen molar-refractivity contribution in [3.8, 4) is 0 Å². The summed E-state index contributed by atoms with van der Waals surface area (Å²) in [6.45, 7) is 2.59. The van der Waals surface area contributed by atoms with Crippen LogP contribution in [0.25, 0.3) is 0 Å². The summed E-state index contributed by atoms with van der Waals surface area (Å²) in [7, 11) is 0. The molecule has 3 rings (SSSR count). The van der Waals surface area contributed by atoms with Gasteiger partial charge in [0, 0.05) is 12.0 Å². The number of aryl methyl sites for hydroxylation is 1. The van der Waals surface area contributed by atoms with E-state index in [4.69, 9.17) is 0 Å². The second-order valence-corrected chi connectivity index (χ2v) is 5.92. The van der Waals surface area contributed by atoms with Crippen LogP contribution in [-0.4, -0.2) is 11.7 Å². The third-order valence-corrected chi connectivity index (χ3v) is 5.10. The molecular formula is C16H22O. The summed E-state index contributed by atoms with van der Waals surface area (Å²) >= 11 is 0. The van der Waals surface area contributed by atoms with Gasteiger partial charge < -0.3 is 5.11 Å². The van der Waals surface area contributed by atoms with E-state index in [2.05, 4.69) is 31.2 Å². The van der Waals surface area contributed by atoms with Gasteiger partial charge in [0.1, 0.15) is 0 Å². The number of rotatable bonds is 3. The van der Waals surface area contributed by atoms with Gasteiger partial charge in [0.15, 0.2) is 0 Å². The summed E-state index contributed by atoms with van der Waals surface area (Å²) in [6, 6.07) is 8.80. The second kappa shape index (κ2) is 4.13. The highest BCUT2D eigenvalue weighted by Crippen LogP contribution is 2.63. The minimum absolute atomic E-state index is 0.330. The fraction of sp³-hybridized carbons (Fsp3) is 0.625. The van der Waals surface area contributed by atoms with Gasteiger partial charge in [0.2, 0.25) is 0 Å². The van der Waals surface area contributed by atoms with E-state index in [1.165, 1.54) is 43.2 Å². The molecule has 92 valence electrons. The van der Waals surface area contributed by atoms with Crippen LogP contribution in [0.3, 0.4) is 0 Å². The molecule has 0 radical (unpaired) electrons. The molecular weight excluding hydrogens is 208 g/mol. The molecule has 17 heavy (non-hydrogen) atoms. The Morgan fingerprint density at radius 1 is 1.24 bits per heavy atom. The Labute approximate surface area is 104 Å². The zero-order chi connectivity index (χ0) is 11.9. The fourth-order valence-corrected chi connectivity index (χ4v) is 4.16. The molecule has 2 aliphatic rings. The standard InChI is InChI=1S/C16H22O/c1-12-6-2-5-9-15(12)16(10-14(16)11-17)13-7-3-4-8-13/h2,5-6,9,13-14,17H,3-4,7-8,10-11H2,1H3. The summed E-state index contributed by atoms with van der Waals surface area (Å²) < 4.78 is 0. The Balaban J connectivity index is 1.98. The molecule has 2 saturated carbocycles.